The van der Waals surface area contributed by atoms with Gasteiger partial charge in [-0.3, -0.25) is 4.79 Å². The van der Waals surface area contributed by atoms with Crippen molar-refractivity contribution in [3.63, 3.8) is 0 Å². The van der Waals surface area contributed by atoms with E-state index in [2.05, 4.69) is 6.07 Å². The molecule has 0 spiro atoms. The number of hydrogen-bond donors (Lipinski definition) is 0. The predicted molar refractivity (Wildman–Crippen MR) is 132 cm³/mol. The third kappa shape index (κ3) is 4.16. The summed E-state index contributed by atoms with van der Waals surface area (Å²) in [6, 6.07) is 15.2. The number of carbonyl (C=O) groups excluding carboxylic acids is 1. The molecule has 3 heterocycles. The molecule has 172 valence electrons. The molecule has 2 aliphatic rings. The van der Waals surface area contributed by atoms with Crippen LogP contribution in [0.1, 0.15) is 30.9 Å². The highest BCUT2D eigenvalue weighted by molar-refractivity contribution is 8.00. The summed E-state index contributed by atoms with van der Waals surface area (Å²) in [4.78, 5) is 20.1. The van der Waals surface area contributed by atoms with Crippen LogP contribution in [0.2, 0.25) is 0 Å². The predicted octanol–water partition coefficient (Wildman–Crippen LogP) is 4.40. The van der Waals surface area contributed by atoms with Crippen molar-refractivity contribution in [2.24, 2.45) is 0 Å². The van der Waals surface area contributed by atoms with Crippen LogP contribution in [0.3, 0.4) is 0 Å². The first kappa shape index (κ1) is 22.4. The molecule has 0 bridgehead atoms. The summed E-state index contributed by atoms with van der Waals surface area (Å²) in [5, 5.41) is 1.31. The van der Waals surface area contributed by atoms with Gasteiger partial charge in [-0.2, -0.15) is 4.31 Å². The van der Waals surface area contributed by atoms with Crippen LogP contribution in [0.4, 0.5) is 5.69 Å². The fourth-order valence-electron chi connectivity index (χ4n) is 4.66. The van der Waals surface area contributed by atoms with Crippen LogP contribution in [-0.2, 0) is 21.2 Å². The van der Waals surface area contributed by atoms with Gasteiger partial charge in [0.1, 0.15) is 0 Å². The molecule has 0 radical (unpaired) electrons. The lowest BCUT2D eigenvalue weighted by atomic mass is 10.1. The first-order valence-electron chi connectivity index (χ1n) is 11.3. The molecule has 5 rings (SSSR count). The maximum Gasteiger partial charge on any atom is 0.243 e. The van der Waals surface area contributed by atoms with E-state index in [9.17, 15) is 13.2 Å². The molecule has 1 amide bonds. The number of anilines is 1. The van der Waals surface area contributed by atoms with Gasteiger partial charge in [-0.1, -0.05) is 30.0 Å². The van der Waals surface area contributed by atoms with Crippen LogP contribution in [0.5, 0.6) is 0 Å². The molecule has 1 atom stereocenters. The van der Waals surface area contributed by atoms with Gasteiger partial charge in [0.05, 0.1) is 20.7 Å². The van der Waals surface area contributed by atoms with Crippen molar-refractivity contribution in [1.29, 1.82) is 0 Å². The molecule has 8 heteroatoms. The van der Waals surface area contributed by atoms with Crippen LogP contribution in [0, 0.1) is 6.92 Å². The number of pyridine rings is 1. The average molecular weight is 482 g/mol. The minimum Gasteiger partial charge on any atom is -0.311 e. The Bertz CT molecular complexity index is 1330. The standard InChI is InChI=1S/C25H27N3O3S2/c1-17-15-24(32-18(2)25(29)28-14-11-19-7-3-4-8-23(19)28)26-22-10-9-20(16-21(17)22)33(30,31)27-12-5-6-13-27/h3-4,7-10,15-16,18H,5-6,11-14H2,1-2H3. The number of amides is 1. The molecule has 0 saturated carbocycles. The van der Waals surface area contributed by atoms with E-state index in [1.54, 1.807) is 22.5 Å². The first-order chi connectivity index (χ1) is 15.8. The van der Waals surface area contributed by atoms with Gasteiger partial charge in [0.25, 0.3) is 0 Å². The second-order valence-electron chi connectivity index (χ2n) is 8.70. The molecular formula is C25H27N3O3S2. The first-order valence-corrected chi connectivity index (χ1v) is 13.6. The highest BCUT2D eigenvalue weighted by atomic mass is 32.2. The Kier molecular flexibility index (Phi) is 5.93. The van der Waals surface area contributed by atoms with Gasteiger partial charge in [-0.05, 0) is 74.6 Å². The number of sulfonamides is 1. The number of aryl methyl sites for hydroxylation is 1. The third-order valence-electron chi connectivity index (χ3n) is 6.46. The highest BCUT2D eigenvalue weighted by Crippen LogP contribution is 2.33. The molecule has 6 nitrogen and oxygen atoms in total. The Morgan fingerprint density at radius 3 is 2.61 bits per heavy atom. The molecule has 1 saturated heterocycles. The van der Waals surface area contributed by atoms with Crippen molar-refractivity contribution in [3.05, 3.63) is 59.7 Å². The Labute approximate surface area is 199 Å². The van der Waals surface area contributed by atoms with E-state index in [-0.39, 0.29) is 11.2 Å². The number of hydrogen-bond acceptors (Lipinski definition) is 5. The topological polar surface area (TPSA) is 70.6 Å². The molecule has 0 aliphatic carbocycles. The summed E-state index contributed by atoms with van der Waals surface area (Å²) in [5.74, 6) is 0.0801. The Balaban J connectivity index is 1.38. The van der Waals surface area contributed by atoms with Gasteiger partial charge in [0.2, 0.25) is 15.9 Å². The zero-order valence-electron chi connectivity index (χ0n) is 18.8. The van der Waals surface area contributed by atoms with E-state index in [1.165, 1.54) is 17.3 Å². The molecular weight excluding hydrogens is 454 g/mol. The Morgan fingerprint density at radius 2 is 1.82 bits per heavy atom. The van der Waals surface area contributed by atoms with Crippen LogP contribution >= 0.6 is 11.8 Å². The second kappa shape index (κ2) is 8.74. The maximum absolute atomic E-state index is 13.1. The Morgan fingerprint density at radius 1 is 1.06 bits per heavy atom. The summed E-state index contributed by atoms with van der Waals surface area (Å²) < 4.78 is 27.5. The van der Waals surface area contributed by atoms with E-state index in [4.69, 9.17) is 4.98 Å². The van der Waals surface area contributed by atoms with E-state index in [1.807, 2.05) is 43.0 Å². The largest absolute Gasteiger partial charge is 0.311 e. The van der Waals surface area contributed by atoms with Crippen LogP contribution in [0.15, 0.2) is 58.5 Å². The highest BCUT2D eigenvalue weighted by Gasteiger charge is 2.29. The third-order valence-corrected chi connectivity index (χ3v) is 9.37. The SMILES string of the molecule is Cc1cc(SC(C)C(=O)N2CCc3ccccc32)nc2ccc(S(=O)(=O)N3CCCC3)cc12. The maximum atomic E-state index is 13.1. The van der Waals surface area contributed by atoms with Crippen LogP contribution < -0.4 is 4.90 Å². The van der Waals surface area contributed by atoms with Gasteiger partial charge in [0, 0.05) is 30.7 Å². The zero-order chi connectivity index (χ0) is 23.2. The lowest BCUT2D eigenvalue weighted by Crippen LogP contribution is -2.35. The summed E-state index contributed by atoms with van der Waals surface area (Å²) in [6.07, 6.45) is 2.71. The van der Waals surface area contributed by atoms with Gasteiger partial charge >= 0.3 is 0 Å². The average Bonchev–Trinajstić information content (AvgIpc) is 3.49. The quantitative estimate of drug-likeness (QED) is 0.505. The minimum atomic E-state index is -3.47. The number of para-hydroxylation sites is 1. The van der Waals surface area contributed by atoms with Crippen molar-refractivity contribution in [2.75, 3.05) is 24.5 Å². The van der Waals surface area contributed by atoms with E-state index >= 15 is 0 Å². The monoisotopic (exact) mass is 481 g/mol. The number of carbonyl (C=O) groups is 1. The number of fused-ring (bicyclic) bond motifs is 2. The van der Waals surface area contributed by atoms with Gasteiger partial charge in [-0.15, -0.1) is 0 Å². The molecule has 3 aromatic rings. The molecule has 1 unspecified atom stereocenters. The number of aromatic nitrogens is 1. The normalized spacial score (nSPS) is 17.5. The lowest BCUT2D eigenvalue weighted by Gasteiger charge is -2.21. The summed E-state index contributed by atoms with van der Waals surface area (Å²) in [7, 11) is -3.47. The molecule has 0 N–H and O–H groups in total. The van der Waals surface area contributed by atoms with Gasteiger partial charge in [0.15, 0.2) is 0 Å². The fraction of sp³-hybridized carbons (Fsp3) is 0.360. The summed E-state index contributed by atoms with van der Waals surface area (Å²) >= 11 is 1.44. The van der Waals surface area contributed by atoms with E-state index in [0.29, 0.717) is 24.5 Å². The number of thioether (sulfide) groups is 1. The van der Waals surface area contributed by atoms with Gasteiger partial charge in [-0.25, -0.2) is 13.4 Å². The number of nitrogens with zero attached hydrogens (tertiary/aromatic N) is 3. The van der Waals surface area contributed by atoms with Crippen LogP contribution in [0.25, 0.3) is 10.9 Å². The number of rotatable bonds is 5. The van der Waals surface area contributed by atoms with Crippen molar-refractivity contribution < 1.29 is 13.2 Å². The number of benzene rings is 2. The van der Waals surface area contributed by atoms with Crippen molar-refractivity contribution in [2.45, 2.75) is 48.3 Å². The fourth-order valence-corrected chi connectivity index (χ4v) is 7.19. The second-order valence-corrected chi connectivity index (χ2v) is 12.0. The van der Waals surface area contributed by atoms with E-state index in [0.717, 1.165) is 46.4 Å². The van der Waals surface area contributed by atoms with Gasteiger partial charge < -0.3 is 4.90 Å². The summed E-state index contributed by atoms with van der Waals surface area (Å²) in [6.45, 7) is 5.76. The van der Waals surface area contributed by atoms with Crippen LogP contribution in [-0.4, -0.2) is 48.5 Å². The Hall–Kier alpha value is -2.42. The zero-order valence-corrected chi connectivity index (χ0v) is 20.5. The smallest absolute Gasteiger partial charge is 0.243 e. The lowest BCUT2D eigenvalue weighted by molar-refractivity contribution is -0.117. The van der Waals surface area contributed by atoms with E-state index < -0.39 is 10.0 Å². The van der Waals surface area contributed by atoms with Crippen molar-refractivity contribution >= 4 is 44.3 Å². The summed E-state index contributed by atoms with van der Waals surface area (Å²) in [5.41, 5.74) is 3.91. The van der Waals surface area contributed by atoms with Crippen molar-refractivity contribution in [1.82, 2.24) is 9.29 Å². The van der Waals surface area contributed by atoms with Crippen molar-refractivity contribution in [3.8, 4) is 0 Å². The molecule has 1 fully saturated rings. The minimum absolute atomic E-state index is 0.0801. The molecule has 33 heavy (non-hydrogen) atoms. The molecule has 2 aromatic carbocycles. The molecule has 1 aromatic heterocycles. The molecule has 2 aliphatic heterocycles.